The first-order valence-corrected chi connectivity index (χ1v) is 20.5. The fraction of sp³-hybridized carbons (Fsp3) is 0.290. The molecule has 0 aromatic heterocycles. The molecule has 0 spiro atoms. The molecule has 2 unspecified atom stereocenters. The molecule has 1 nitrogen and oxygen atoms in total. The average Bonchev–Trinajstić information content (AvgIpc) is 3.65. The van der Waals surface area contributed by atoms with E-state index in [9.17, 15) is 0 Å². The molecule has 3 aromatic rings. The van der Waals surface area contributed by atoms with Gasteiger partial charge in [0.1, 0.15) is 0 Å². The van der Waals surface area contributed by atoms with E-state index in [0.29, 0.717) is 5.92 Å². The predicted octanol–water partition coefficient (Wildman–Crippen LogP) is 6.88. The van der Waals surface area contributed by atoms with Crippen LogP contribution in [0.3, 0.4) is 0 Å². The van der Waals surface area contributed by atoms with Gasteiger partial charge >= 0.3 is 141 Å². The second-order valence-corrected chi connectivity index (χ2v) is 24.3. The van der Waals surface area contributed by atoms with Crippen molar-refractivity contribution < 1.29 is 16.1 Å². The normalized spacial score (nSPS) is 19.9. The Morgan fingerprint density at radius 1 is 0.706 bits per heavy atom. The van der Waals surface area contributed by atoms with Gasteiger partial charge in [-0.1, -0.05) is 60.7 Å². The monoisotopic (exact) mass is 501 g/mol. The van der Waals surface area contributed by atoms with Crippen LogP contribution < -0.4 is 8.99 Å². The molecule has 34 heavy (non-hydrogen) atoms. The van der Waals surface area contributed by atoms with Crippen LogP contribution in [0.1, 0.15) is 40.5 Å². The molecule has 3 aromatic carbocycles. The molecule has 2 atom stereocenters. The van der Waals surface area contributed by atoms with Crippen LogP contribution in [0.4, 0.5) is 0 Å². The van der Waals surface area contributed by atoms with Crippen LogP contribution in [0.5, 0.6) is 0 Å². The van der Waals surface area contributed by atoms with Gasteiger partial charge in [-0.25, -0.2) is 0 Å². The van der Waals surface area contributed by atoms with Crippen molar-refractivity contribution in [2.45, 2.75) is 51.8 Å². The summed E-state index contributed by atoms with van der Waals surface area (Å²) in [5.74, 6) is 0.674. The van der Waals surface area contributed by atoms with Crippen molar-refractivity contribution in [2.75, 3.05) is 0 Å². The molecule has 0 aliphatic heterocycles. The van der Waals surface area contributed by atoms with Crippen LogP contribution in [0, 0.1) is 5.92 Å². The maximum Gasteiger partial charge on any atom is -0.0184 e. The molecule has 1 N–H and O–H groups in total. The molecule has 176 valence electrons. The van der Waals surface area contributed by atoms with Crippen LogP contribution in [-0.2, 0) is 16.1 Å². The van der Waals surface area contributed by atoms with Gasteiger partial charge in [0.25, 0.3) is 0 Å². The van der Waals surface area contributed by atoms with Gasteiger partial charge in [-0.05, 0) is 11.1 Å². The fourth-order valence-corrected chi connectivity index (χ4v) is 22.4. The van der Waals surface area contributed by atoms with Gasteiger partial charge in [0.2, 0.25) is 0 Å². The molecule has 0 saturated heterocycles. The van der Waals surface area contributed by atoms with Gasteiger partial charge in [-0.15, -0.1) is 0 Å². The van der Waals surface area contributed by atoms with Gasteiger partial charge in [-0.3, -0.25) is 0 Å². The van der Waals surface area contributed by atoms with Gasteiger partial charge in [0, 0.05) is 0 Å². The molecule has 5 rings (SSSR count). The number of hydrogen-bond acceptors (Lipinski definition) is 1. The quantitative estimate of drug-likeness (QED) is 0.363. The molecule has 0 amide bonds. The van der Waals surface area contributed by atoms with Gasteiger partial charge in [-0.2, -0.15) is 0 Å². The Bertz CT molecular complexity index is 1110. The fourth-order valence-electron chi connectivity index (χ4n) is 5.42. The summed E-state index contributed by atoms with van der Waals surface area (Å²) < 4.78 is 6.08. The predicted molar refractivity (Wildman–Crippen MR) is 149 cm³/mol. The summed E-state index contributed by atoms with van der Waals surface area (Å²) in [5, 5.41) is 4.31. The third-order valence-electron chi connectivity index (χ3n) is 7.62. The molecule has 3 heteroatoms. The van der Waals surface area contributed by atoms with E-state index in [1.165, 1.54) is 24.0 Å². The maximum atomic E-state index is 4.22. The van der Waals surface area contributed by atoms with E-state index in [1.807, 2.05) is 16.0 Å². The third kappa shape index (κ3) is 5.98. The standard InChI is InChI=1S/C12H10.C9H13.C6H7Si.C3H6N.CH3.Ti/c1-3-7-11(8-4-1)12-9-5-2-6-10-12;1-6-5-7(2)9(4)8(6)3;7-6-4-2-1-3-5-6;4-3-1-2-3;;/h1-10H;6H,1-4H3;1-5H,7H2;3-4H,1-2H2;1H3;/q;;;-1;;+1. The minimum Gasteiger partial charge on any atom is -0.0622 e. The van der Waals surface area contributed by atoms with Crippen LogP contribution in [0.15, 0.2) is 112 Å². The van der Waals surface area contributed by atoms with E-state index in [2.05, 4.69) is 116 Å². The minimum absolute atomic E-state index is 0.243. The van der Waals surface area contributed by atoms with E-state index in [4.69, 9.17) is 0 Å². The average molecular weight is 502 g/mol. The number of nitrogens with one attached hydrogen (secondary N) is 1. The zero-order valence-electron chi connectivity index (χ0n) is 21.4. The summed E-state index contributed by atoms with van der Waals surface area (Å²) in [6.07, 6.45) is 2.80. The first-order chi connectivity index (χ1) is 16.4. The summed E-state index contributed by atoms with van der Waals surface area (Å²) in [7, 11) is -0.243. The number of allylic oxidation sites excluding steroid dienone is 4. The Labute approximate surface area is 212 Å². The van der Waals surface area contributed by atoms with E-state index in [0.717, 1.165) is 6.04 Å². The molecule has 1 fully saturated rings. The van der Waals surface area contributed by atoms with Gasteiger partial charge in [0.05, 0.1) is 0 Å². The van der Waals surface area contributed by atoms with Crippen molar-refractivity contribution in [3.63, 3.8) is 0 Å². The van der Waals surface area contributed by atoms with Gasteiger partial charge < -0.3 is 0 Å². The first-order valence-electron chi connectivity index (χ1n) is 12.7. The smallest absolute Gasteiger partial charge is 0.0184 e. The Morgan fingerprint density at radius 3 is 1.59 bits per heavy atom. The van der Waals surface area contributed by atoms with Crippen LogP contribution in [-0.4, -0.2) is 13.4 Å². The van der Waals surface area contributed by atoms with Crippen molar-refractivity contribution in [3.05, 3.63) is 112 Å². The Hall–Kier alpha value is -1.97. The van der Waals surface area contributed by atoms with Crippen molar-refractivity contribution in [1.82, 2.24) is 3.80 Å². The molecule has 0 radical (unpaired) electrons. The minimum atomic E-state index is -2.15. The second-order valence-electron chi connectivity index (χ2n) is 10.2. The molecule has 1 saturated carbocycles. The summed E-state index contributed by atoms with van der Waals surface area (Å²) >= 11 is -2.15. The Morgan fingerprint density at radius 2 is 1.18 bits per heavy atom. The number of rotatable bonds is 6. The summed E-state index contributed by atoms with van der Waals surface area (Å²) in [5.41, 5.74) is 7.36. The zero-order valence-corrected chi connectivity index (χ0v) is 24.4. The topological polar surface area (TPSA) is 12.0 Å². The third-order valence-corrected chi connectivity index (χ3v) is 21.6. The summed E-state index contributed by atoms with van der Waals surface area (Å²) in [6, 6.07) is 32.9. The Kier molecular flexibility index (Phi) is 8.26. The van der Waals surface area contributed by atoms with Crippen molar-refractivity contribution in [2.24, 2.45) is 5.92 Å². The van der Waals surface area contributed by atoms with E-state index in [1.54, 1.807) is 21.9 Å². The van der Waals surface area contributed by atoms with Crippen LogP contribution in [0.25, 0.3) is 11.1 Å². The molecule has 0 heterocycles. The largest absolute Gasteiger partial charge is 0.0622 e. The van der Waals surface area contributed by atoms with Crippen molar-refractivity contribution in [1.29, 1.82) is 0 Å². The molecule has 2 aliphatic carbocycles. The van der Waals surface area contributed by atoms with E-state index < -0.39 is 16.1 Å². The van der Waals surface area contributed by atoms with Crippen molar-refractivity contribution in [3.8, 4) is 11.1 Å². The number of benzene rings is 3. The molecular formula is C31H39NSiTi. The summed E-state index contributed by atoms with van der Waals surface area (Å²) in [6.45, 7) is 9.51. The van der Waals surface area contributed by atoms with E-state index in [-0.39, 0.29) is 7.39 Å². The number of hydrogen-bond donors (Lipinski definition) is 1. The first kappa shape index (κ1) is 25.1. The summed E-state index contributed by atoms with van der Waals surface area (Å²) in [4.78, 5) is 0. The van der Waals surface area contributed by atoms with Crippen LogP contribution >= 0.6 is 0 Å². The van der Waals surface area contributed by atoms with Crippen molar-refractivity contribution >= 4 is 12.6 Å². The zero-order chi connectivity index (χ0) is 24.1. The molecule has 0 bridgehead atoms. The van der Waals surface area contributed by atoms with Gasteiger partial charge in [0.15, 0.2) is 0 Å². The SMILES string of the molecule is CC1=C(C)C(C)[C]([Ti]([CH3])([NH]C2CC2)[SiH2]c2ccccc2)=C1C.c1ccc(-c2ccccc2)cc1. The van der Waals surface area contributed by atoms with Crippen LogP contribution in [0.2, 0.25) is 5.23 Å². The molecule has 2 aliphatic rings. The maximum absolute atomic E-state index is 4.22. The molecular weight excluding hydrogens is 462 g/mol. The Balaban J connectivity index is 0.000000192. The van der Waals surface area contributed by atoms with E-state index >= 15 is 0 Å². The second kappa shape index (κ2) is 11.2.